The van der Waals surface area contributed by atoms with Gasteiger partial charge < -0.3 is 10.2 Å². The summed E-state index contributed by atoms with van der Waals surface area (Å²) in [5.74, 6) is 0.0877. The molecule has 26 heavy (non-hydrogen) atoms. The molecule has 144 valence electrons. The van der Waals surface area contributed by atoms with Crippen molar-refractivity contribution in [1.82, 2.24) is 20.2 Å². The Hall–Kier alpha value is -1.21. The topological polar surface area (TPSA) is 58.1 Å². The number of hydrogen-bond donors (Lipinski definition) is 1. The zero-order valence-electron chi connectivity index (χ0n) is 14.9. The van der Waals surface area contributed by atoms with Crippen molar-refractivity contribution in [3.05, 3.63) is 46.2 Å². The van der Waals surface area contributed by atoms with Gasteiger partial charge in [0.15, 0.2) is 0 Å². The van der Waals surface area contributed by atoms with E-state index in [1.165, 1.54) is 11.3 Å². The molecular formula is C18H26Cl2N4OS. The lowest BCUT2D eigenvalue weighted by Gasteiger charge is -2.30. The number of hydrogen-bond acceptors (Lipinski definition) is 5. The number of amides is 1. The molecule has 1 saturated heterocycles. The zero-order valence-corrected chi connectivity index (χ0v) is 17.3. The molecule has 3 rings (SSSR count). The van der Waals surface area contributed by atoms with Crippen LogP contribution in [-0.2, 0) is 13.0 Å². The molecule has 2 aromatic heterocycles. The molecule has 1 amide bonds. The van der Waals surface area contributed by atoms with Gasteiger partial charge in [-0.1, -0.05) is 13.0 Å². The highest BCUT2D eigenvalue weighted by molar-refractivity contribution is 7.13. The largest absolute Gasteiger partial charge is 0.329 e. The van der Waals surface area contributed by atoms with Crippen LogP contribution in [0.5, 0.6) is 0 Å². The monoisotopic (exact) mass is 416 g/mol. The lowest BCUT2D eigenvalue weighted by atomic mass is 10.1. The maximum absolute atomic E-state index is 13.1. The van der Waals surface area contributed by atoms with E-state index in [9.17, 15) is 4.79 Å². The van der Waals surface area contributed by atoms with Gasteiger partial charge in [-0.2, -0.15) is 0 Å². The van der Waals surface area contributed by atoms with Crippen molar-refractivity contribution in [2.45, 2.75) is 45.2 Å². The SMILES string of the molecule is CCc1ncc(C(=O)N(Cc2ccccn2)C2CCCNCC2)s1.Cl.Cl. The molecule has 0 bridgehead atoms. The molecule has 8 heteroatoms. The number of carbonyl (C=O) groups excluding carboxylic acids is 1. The molecule has 1 N–H and O–H groups in total. The Morgan fingerprint density at radius 1 is 1.27 bits per heavy atom. The summed E-state index contributed by atoms with van der Waals surface area (Å²) in [7, 11) is 0. The lowest BCUT2D eigenvalue weighted by molar-refractivity contribution is 0.0647. The maximum Gasteiger partial charge on any atom is 0.266 e. The first-order valence-electron chi connectivity index (χ1n) is 8.64. The lowest BCUT2D eigenvalue weighted by Crippen LogP contribution is -2.40. The van der Waals surface area contributed by atoms with Gasteiger partial charge in [0.2, 0.25) is 0 Å². The van der Waals surface area contributed by atoms with Gasteiger partial charge in [-0.3, -0.25) is 9.78 Å². The number of aromatic nitrogens is 2. The van der Waals surface area contributed by atoms with Crippen LogP contribution < -0.4 is 5.32 Å². The van der Waals surface area contributed by atoms with E-state index in [-0.39, 0.29) is 36.8 Å². The van der Waals surface area contributed by atoms with Gasteiger partial charge >= 0.3 is 0 Å². The van der Waals surface area contributed by atoms with Gasteiger partial charge in [-0.25, -0.2) is 4.98 Å². The van der Waals surface area contributed by atoms with E-state index in [4.69, 9.17) is 0 Å². The van der Waals surface area contributed by atoms with Gasteiger partial charge in [0.1, 0.15) is 4.88 Å². The van der Waals surface area contributed by atoms with Crippen LogP contribution in [0.15, 0.2) is 30.6 Å². The second-order valence-electron chi connectivity index (χ2n) is 6.06. The van der Waals surface area contributed by atoms with Gasteiger partial charge in [-0.15, -0.1) is 36.2 Å². The molecule has 0 saturated carbocycles. The van der Waals surface area contributed by atoms with Crippen LogP contribution >= 0.6 is 36.2 Å². The smallest absolute Gasteiger partial charge is 0.266 e. The predicted molar refractivity (Wildman–Crippen MR) is 111 cm³/mol. The maximum atomic E-state index is 13.1. The molecule has 0 aromatic carbocycles. The first kappa shape index (κ1) is 22.8. The predicted octanol–water partition coefficient (Wildman–Crippen LogP) is 3.73. The summed E-state index contributed by atoms with van der Waals surface area (Å²) >= 11 is 1.51. The van der Waals surface area contributed by atoms with Crippen LogP contribution in [0.3, 0.4) is 0 Å². The van der Waals surface area contributed by atoms with Gasteiger partial charge in [0.05, 0.1) is 23.4 Å². The molecule has 1 fully saturated rings. The number of nitrogens with one attached hydrogen (secondary N) is 1. The van der Waals surface area contributed by atoms with Crippen molar-refractivity contribution in [3.8, 4) is 0 Å². The highest BCUT2D eigenvalue weighted by Gasteiger charge is 2.27. The van der Waals surface area contributed by atoms with Crippen LogP contribution in [0.4, 0.5) is 0 Å². The summed E-state index contributed by atoms with van der Waals surface area (Å²) in [4.78, 5) is 24.6. The summed E-state index contributed by atoms with van der Waals surface area (Å²) < 4.78 is 0. The van der Waals surface area contributed by atoms with Crippen molar-refractivity contribution in [2.75, 3.05) is 13.1 Å². The Bertz CT molecular complexity index is 660. The molecule has 1 atom stereocenters. The number of thiazole rings is 1. The Kier molecular flexibility index (Phi) is 10.1. The molecular weight excluding hydrogens is 391 g/mol. The second-order valence-corrected chi connectivity index (χ2v) is 7.18. The van der Waals surface area contributed by atoms with E-state index in [2.05, 4.69) is 22.2 Å². The molecule has 5 nitrogen and oxygen atoms in total. The third kappa shape index (κ3) is 5.91. The minimum atomic E-state index is 0. The minimum Gasteiger partial charge on any atom is -0.329 e. The van der Waals surface area contributed by atoms with Crippen LogP contribution in [0.1, 0.15) is 46.6 Å². The average Bonchev–Trinajstić information content (AvgIpc) is 2.95. The Labute approximate surface area is 171 Å². The van der Waals surface area contributed by atoms with E-state index in [0.717, 1.165) is 54.4 Å². The number of pyridine rings is 1. The fourth-order valence-corrected chi connectivity index (χ4v) is 3.87. The Morgan fingerprint density at radius 3 is 2.81 bits per heavy atom. The molecule has 0 spiro atoms. The van der Waals surface area contributed by atoms with E-state index in [1.54, 1.807) is 12.4 Å². The van der Waals surface area contributed by atoms with E-state index < -0.39 is 0 Å². The van der Waals surface area contributed by atoms with Crippen LogP contribution in [0.2, 0.25) is 0 Å². The van der Waals surface area contributed by atoms with Crippen molar-refractivity contribution in [1.29, 1.82) is 0 Å². The van der Waals surface area contributed by atoms with Gasteiger partial charge in [-0.05, 0) is 50.9 Å². The summed E-state index contributed by atoms with van der Waals surface area (Å²) in [5.41, 5.74) is 0.934. The summed E-state index contributed by atoms with van der Waals surface area (Å²) in [6.07, 6.45) is 7.49. The van der Waals surface area contributed by atoms with Gasteiger partial charge in [0.25, 0.3) is 5.91 Å². The number of nitrogens with zero attached hydrogens (tertiary/aromatic N) is 3. The molecule has 0 radical (unpaired) electrons. The summed E-state index contributed by atoms with van der Waals surface area (Å²) in [6, 6.07) is 6.12. The molecule has 0 aliphatic carbocycles. The molecule has 1 aliphatic heterocycles. The number of carbonyl (C=O) groups is 1. The standard InChI is InChI=1S/C18H24N4OS.2ClH/c1-2-17-21-12-16(24-17)18(23)22(13-14-6-3-4-10-20-14)15-7-5-9-19-11-8-15;;/h3-4,6,10,12,15,19H,2,5,7-9,11,13H2,1H3;2*1H. The third-order valence-electron chi connectivity index (χ3n) is 4.37. The van der Waals surface area contributed by atoms with Crippen LogP contribution in [0, 0.1) is 0 Å². The first-order valence-corrected chi connectivity index (χ1v) is 9.46. The average molecular weight is 417 g/mol. The first-order chi connectivity index (χ1) is 11.8. The second kappa shape index (κ2) is 11.5. The van der Waals surface area contributed by atoms with Crippen LogP contribution in [-0.4, -0.2) is 39.9 Å². The van der Waals surface area contributed by atoms with E-state index in [1.807, 2.05) is 23.1 Å². The van der Waals surface area contributed by atoms with E-state index in [0.29, 0.717) is 6.54 Å². The quantitative estimate of drug-likeness (QED) is 0.806. The van der Waals surface area contributed by atoms with Crippen molar-refractivity contribution in [3.63, 3.8) is 0 Å². The van der Waals surface area contributed by atoms with Crippen molar-refractivity contribution in [2.24, 2.45) is 0 Å². The highest BCUT2D eigenvalue weighted by Crippen LogP contribution is 2.22. The summed E-state index contributed by atoms with van der Waals surface area (Å²) in [6.45, 7) is 4.61. The number of aryl methyl sites for hydroxylation is 1. The fourth-order valence-electron chi connectivity index (χ4n) is 3.06. The highest BCUT2D eigenvalue weighted by atomic mass is 35.5. The fraction of sp³-hybridized carbons (Fsp3) is 0.500. The van der Waals surface area contributed by atoms with Crippen molar-refractivity contribution < 1.29 is 4.79 Å². The number of rotatable bonds is 5. The molecule has 1 aliphatic rings. The Morgan fingerprint density at radius 2 is 2.12 bits per heavy atom. The van der Waals surface area contributed by atoms with Gasteiger partial charge in [0, 0.05) is 12.2 Å². The molecule has 1 unspecified atom stereocenters. The summed E-state index contributed by atoms with van der Waals surface area (Å²) in [5, 5.41) is 4.44. The van der Waals surface area contributed by atoms with Crippen LogP contribution in [0.25, 0.3) is 0 Å². The minimum absolute atomic E-state index is 0. The zero-order chi connectivity index (χ0) is 16.8. The number of halogens is 2. The third-order valence-corrected chi connectivity index (χ3v) is 5.50. The van der Waals surface area contributed by atoms with E-state index >= 15 is 0 Å². The van der Waals surface area contributed by atoms with Crippen molar-refractivity contribution >= 4 is 42.1 Å². The Balaban J connectivity index is 0.00000169. The molecule has 2 aromatic rings. The normalized spacial score (nSPS) is 16.7. The molecule has 3 heterocycles.